The number of methoxy groups -OCH3 is 2. The van der Waals surface area contributed by atoms with Crippen molar-refractivity contribution in [1.82, 2.24) is 0 Å². The first kappa shape index (κ1) is 36.3. The normalized spacial score (nSPS) is 21.6. The first-order valence-corrected chi connectivity index (χ1v) is 17.2. The molecule has 6 atom stereocenters. The van der Waals surface area contributed by atoms with Crippen LogP contribution in [0.1, 0.15) is 27.8 Å². The van der Waals surface area contributed by atoms with Gasteiger partial charge in [-0.25, -0.2) is 0 Å². The Bertz CT molecular complexity index is 1700. The van der Waals surface area contributed by atoms with Crippen LogP contribution in [0.4, 0.5) is 0 Å². The fourth-order valence-corrected chi connectivity index (χ4v) is 6.22. The molecule has 1 N–H and O–H groups in total. The van der Waals surface area contributed by atoms with Crippen LogP contribution in [0.3, 0.4) is 0 Å². The van der Waals surface area contributed by atoms with Gasteiger partial charge in [0.1, 0.15) is 48.1 Å². The highest BCUT2D eigenvalue weighted by Gasteiger charge is 2.54. The standard InChI is InChI=1S/C43H46O8/c1-45-36-22-18-34(19-23-36)29-50-42-40(48-27-32-14-8-4-9-15-32)38(44)39(47-26-31-12-6-3-7-13-31)41(49-28-33-16-10-5-11-17-33)43(42)51-30-35-20-24-37(46-2)25-21-35/h3-25,38-44H,26-30H2,1-2H3/t38-,39-,40-,41+,42-,43-/m0/s1. The second kappa shape index (κ2) is 18.6. The summed E-state index contributed by atoms with van der Waals surface area (Å²) in [7, 11) is 3.28. The van der Waals surface area contributed by atoms with Crippen LogP contribution < -0.4 is 9.47 Å². The number of hydrogen-bond donors (Lipinski definition) is 1. The van der Waals surface area contributed by atoms with Crippen molar-refractivity contribution in [2.24, 2.45) is 0 Å². The van der Waals surface area contributed by atoms with Crippen LogP contribution in [0.25, 0.3) is 0 Å². The van der Waals surface area contributed by atoms with Gasteiger partial charge in [0.05, 0.1) is 47.3 Å². The van der Waals surface area contributed by atoms with Crippen LogP contribution >= 0.6 is 0 Å². The number of aliphatic hydroxyl groups excluding tert-OH is 1. The van der Waals surface area contributed by atoms with Gasteiger partial charge in [0.2, 0.25) is 0 Å². The van der Waals surface area contributed by atoms with Crippen LogP contribution in [0, 0.1) is 0 Å². The summed E-state index contributed by atoms with van der Waals surface area (Å²) in [4.78, 5) is 0. The van der Waals surface area contributed by atoms with Crippen LogP contribution in [0.5, 0.6) is 11.5 Å². The second-order valence-corrected chi connectivity index (χ2v) is 12.5. The molecule has 0 unspecified atom stereocenters. The quantitative estimate of drug-likeness (QED) is 0.109. The summed E-state index contributed by atoms with van der Waals surface area (Å²) >= 11 is 0. The first-order valence-electron chi connectivity index (χ1n) is 17.2. The predicted molar refractivity (Wildman–Crippen MR) is 194 cm³/mol. The molecule has 6 rings (SSSR count). The maximum atomic E-state index is 12.3. The third-order valence-corrected chi connectivity index (χ3v) is 9.03. The van der Waals surface area contributed by atoms with Crippen molar-refractivity contribution >= 4 is 0 Å². The minimum Gasteiger partial charge on any atom is -0.497 e. The highest BCUT2D eigenvalue weighted by Crippen LogP contribution is 2.35. The molecule has 0 radical (unpaired) electrons. The van der Waals surface area contributed by atoms with Gasteiger partial charge >= 0.3 is 0 Å². The molecule has 266 valence electrons. The Balaban J connectivity index is 1.35. The van der Waals surface area contributed by atoms with Crippen molar-refractivity contribution in [2.75, 3.05) is 14.2 Å². The average molecular weight is 691 g/mol. The van der Waals surface area contributed by atoms with Gasteiger partial charge in [-0.05, 0) is 52.1 Å². The smallest absolute Gasteiger partial charge is 0.118 e. The molecule has 0 aliphatic heterocycles. The molecule has 51 heavy (non-hydrogen) atoms. The van der Waals surface area contributed by atoms with Crippen molar-refractivity contribution in [2.45, 2.75) is 69.7 Å². The summed E-state index contributed by atoms with van der Waals surface area (Å²) in [5.74, 6) is 1.51. The molecule has 0 bridgehead atoms. The summed E-state index contributed by atoms with van der Waals surface area (Å²) < 4.78 is 44.2. The molecular weight excluding hydrogens is 644 g/mol. The van der Waals surface area contributed by atoms with E-state index < -0.39 is 36.6 Å². The lowest BCUT2D eigenvalue weighted by molar-refractivity contribution is -0.283. The number of benzene rings is 5. The van der Waals surface area contributed by atoms with Gasteiger partial charge in [-0.2, -0.15) is 0 Å². The van der Waals surface area contributed by atoms with Gasteiger partial charge in [-0.15, -0.1) is 0 Å². The summed E-state index contributed by atoms with van der Waals surface area (Å²) in [6.45, 7) is 1.32. The van der Waals surface area contributed by atoms with Crippen LogP contribution in [-0.4, -0.2) is 55.9 Å². The molecule has 0 saturated heterocycles. The number of aliphatic hydroxyl groups is 1. The van der Waals surface area contributed by atoms with Crippen LogP contribution in [0.15, 0.2) is 140 Å². The zero-order chi connectivity index (χ0) is 35.3. The third-order valence-electron chi connectivity index (χ3n) is 9.03. The third kappa shape index (κ3) is 10.0. The highest BCUT2D eigenvalue weighted by molar-refractivity contribution is 5.28. The molecular formula is C43H46O8. The molecule has 1 saturated carbocycles. The number of rotatable bonds is 17. The minimum absolute atomic E-state index is 0.246. The lowest BCUT2D eigenvalue weighted by atomic mass is 9.83. The van der Waals surface area contributed by atoms with Gasteiger partial charge in [-0.1, -0.05) is 115 Å². The fourth-order valence-electron chi connectivity index (χ4n) is 6.22. The lowest BCUT2D eigenvalue weighted by Gasteiger charge is -2.48. The lowest BCUT2D eigenvalue weighted by Crippen LogP contribution is -2.66. The van der Waals surface area contributed by atoms with Gasteiger partial charge in [0, 0.05) is 0 Å². The van der Waals surface area contributed by atoms with Crippen molar-refractivity contribution in [3.05, 3.63) is 167 Å². The monoisotopic (exact) mass is 690 g/mol. The molecule has 8 heteroatoms. The van der Waals surface area contributed by atoms with E-state index in [0.717, 1.165) is 39.3 Å². The van der Waals surface area contributed by atoms with E-state index in [4.69, 9.17) is 33.2 Å². The van der Waals surface area contributed by atoms with E-state index in [-0.39, 0.29) is 33.0 Å². The zero-order valence-electron chi connectivity index (χ0n) is 29.1. The maximum absolute atomic E-state index is 12.3. The zero-order valence-corrected chi connectivity index (χ0v) is 29.1. The van der Waals surface area contributed by atoms with Gasteiger partial charge < -0.3 is 38.3 Å². The van der Waals surface area contributed by atoms with Gasteiger partial charge in [0.25, 0.3) is 0 Å². The molecule has 5 aromatic rings. The molecule has 8 nitrogen and oxygen atoms in total. The molecule has 1 fully saturated rings. The molecule has 0 heterocycles. The van der Waals surface area contributed by atoms with E-state index in [1.54, 1.807) is 14.2 Å². The van der Waals surface area contributed by atoms with Gasteiger partial charge in [-0.3, -0.25) is 0 Å². The average Bonchev–Trinajstić information content (AvgIpc) is 3.19. The molecule has 1 aliphatic carbocycles. The molecule has 0 aromatic heterocycles. The SMILES string of the molecule is COc1ccc(CO[C@@H]2[C@@H](OCc3ccc(OC)cc3)[C@@H](OCc3ccccc3)[C@@H](O)[C@H](OCc3ccccc3)[C@H]2OCc2ccccc2)cc1. The summed E-state index contributed by atoms with van der Waals surface area (Å²) in [6, 6.07) is 45.2. The van der Waals surface area contributed by atoms with E-state index in [1.165, 1.54) is 0 Å². The van der Waals surface area contributed by atoms with E-state index in [2.05, 4.69) is 0 Å². The number of hydrogen-bond acceptors (Lipinski definition) is 8. The Morgan fingerprint density at radius 1 is 0.353 bits per heavy atom. The Labute approximate surface area is 300 Å². The second-order valence-electron chi connectivity index (χ2n) is 12.5. The van der Waals surface area contributed by atoms with E-state index in [0.29, 0.717) is 0 Å². The van der Waals surface area contributed by atoms with Crippen LogP contribution in [0.2, 0.25) is 0 Å². The Hall–Kier alpha value is -4.54. The minimum atomic E-state index is -1.11. The number of ether oxygens (including phenoxy) is 7. The molecule has 0 amide bonds. The van der Waals surface area contributed by atoms with E-state index >= 15 is 0 Å². The summed E-state index contributed by atoms with van der Waals surface area (Å²) in [5, 5.41) is 12.3. The van der Waals surface area contributed by atoms with Crippen LogP contribution in [-0.2, 0) is 56.7 Å². The van der Waals surface area contributed by atoms with Crippen molar-refractivity contribution in [3.8, 4) is 11.5 Å². The van der Waals surface area contributed by atoms with Crippen molar-refractivity contribution in [3.63, 3.8) is 0 Å². The Kier molecular flexibility index (Phi) is 13.2. The largest absolute Gasteiger partial charge is 0.497 e. The Morgan fingerprint density at radius 3 is 0.902 bits per heavy atom. The molecule has 1 aliphatic rings. The topological polar surface area (TPSA) is 84.8 Å². The fraction of sp³-hybridized carbons (Fsp3) is 0.302. The summed E-state index contributed by atoms with van der Waals surface area (Å²) in [6.07, 6.45) is -4.89. The van der Waals surface area contributed by atoms with Crippen molar-refractivity contribution in [1.29, 1.82) is 0 Å². The molecule has 5 aromatic carbocycles. The van der Waals surface area contributed by atoms with E-state index in [9.17, 15) is 5.11 Å². The van der Waals surface area contributed by atoms with Crippen molar-refractivity contribution < 1.29 is 38.3 Å². The summed E-state index contributed by atoms with van der Waals surface area (Å²) in [5.41, 5.74) is 4.81. The predicted octanol–water partition coefficient (Wildman–Crippen LogP) is 7.31. The Morgan fingerprint density at radius 2 is 0.608 bits per heavy atom. The first-order chi connectivity index (χ1) is 25.1. The highest BCUT2D eigenvalue weighted by atomic mass is 16.6. The van der Waals surface area contributed by atoms with Gasteiger partial charge in [0.15, 0.2) is 0 Å². The van der Waals surface area contributed by atoms with E-state index in [1.807, 2.05) is 140 Å². The maximum Gasteiger partial charge on any atom is 0.118 e. The molecule has 0 spiro atoms.